The van der Waals surface area contributed by atoms with Gasteiger partial charge in [0.05, 0.1) is 0 Å². The zero-order valence-electron chi connectivity index (χ0n) is 6.96. The lowest BCUT2D eigenvalue weighted by atomic mass is 9.87. The Bertz CT molecular complexity index is 130. The van der Waals surface area contributed by atoms with Gasteiger partial charge in [-0.05, 0) is 55.1 Å². The van der Waals surface area contributed by atoms with Gasteiger partial charge in [0, 0.05) is 0 Å². The average Bonchev–Trinajstić information content (AvgIpc) is 2.63. The fourth-order valence-corrected chi connectivity index (χ4v) is 3.08. The third kappa shape index (κ3) is 1.73. The van der Waals surface area contributed by atoms with Gasteiger partial charge in [-0.15, -0.1) is 0 Å². The molecule has 2 fully saturated rings. The summed E-state index contributed by atoms with van der Waals surface area (Å²) in [7, 11) is 0. The first-order valence-electron chi connectivity index (χ1n) is 4.69. The molecule has 64 valence electrons. The van der Waals surface area contributed by atoms with Crippen LogP contribution in [0.3, 0.4) is 0 Å². The van der Waals surface area contributed by atoms with Crippen molar-refractivity contribution in [1.82, 2.24) is 0 Å². The summed E-state index contributed by atoms with van der Waals surface area (Å²) in [5, 5.41) is 0. The van der Waals surface area contributed by atoms with Crippen molar-refractivity contribution < 1.29 is 0 Å². The van der Waals surface area contributed by atoms with E-state index in [0.29, 0.717) is 0 Å². The number of hydrogen-bond donors (Lipinski definition) is 1. The molecule has 1 atom stereocenters. The standard InChI is InChI=1S/C9H17NS/c10-4-3-9(7-1-2-7)8-5-11-6-8/h7-9H,1-6,10H2. The van der Waals surface area contributed by atoms with Crippen molar-refractivity contribution in [1.29, 1.82) is 0 Å². The monoisotopic (exact) mass is 171 g/mol. The molecule has 2 heteroatoms. The van der Waals surface area contributed by atoms with Crippen LogP contribution in [0.1, 0.15) is 19.3 Å². The van der Waals surface area contributed by atoms with E-state index in [0.717, 1.165) is 24.3 Å². The van der Waals surface area contributed by atoms with E-state index in [2.05, 4.69) is 11.8 Å². The van der Waals surface area contributed by atoms with Crippen LogP contribution in [-0.4, -0.2) is 18.1 Å². The van der Waals surface area contributed by atoms with Crippen LogP contribution in [0.5, 0.6) is 0 Å². The molecule has 0 spiro atoms. The lowest BCUT2D eigenvalue weighted by Crippen LogP contribution is -2.30. The van der Waals surface area contributed by atoms with Crippen LogP contribution in [0.2, 0.25) is 0 Å². The Hall–Kier alpha value is 0.310. The molecule has 1 nitrogen and oxygen atoms in total. The molecule has 11 heavy (non-hydrogen) atoms. The Morgan fingerprint density at radius 2 is 2.00 bits per heavy atom. The van der Waals surface area contributed by atoms with Crippen molar-refractivity contribution in [3.63, 3.8) is 0 Å². The first-order valence-corrected chi connectivity index (χ1v) is 5.85. The fraction of sp³-hybridized carbons (Fsp3) is 1.00. The van der Waals surface area contributed by atoms with Crippen LogP contribution < -0.4 is 5.73 Å². The molecule has 0 aromatic heterocycles. The molecule has 1 saturated heterocycles. The molecule has 0 radical (unpaired) electrons. The fourth-order valence-electron chi connectivity index (χ4n) is 2.07. The normalized spacial score (nSPS) is 28.1. The Balaban J connectivity index is 1.81. The third-order valence-electron chi connectivity index (χ3n) is 3.00. The van der Waals surface area contributed by atoms with E-state index < -0.39 is 0 Å². The summed E-state index contributed by atoms with van der Waals surface area (Å²) in [6, 6.07) is 0. The number of rotatable bonds is 4. The van der Waals surface area contributed by atoms with Crippen LogP contribution in [0, 0.1) is 17.8 Å². The smallest absolute Gasteiger partial charge is 0.00284 e. The van der Waals surface area contributed by atoms with Gasteiger partial charge < -0.3 is 5.73 Å². The van der Waals surface area contributed by atoms with Crippen LogP contribution >= 0.6 is 11.8 Å². The number of nitrogens with two attached hydrogens (primary N) is 1. The third-order valence-corrected chi connectivity index (χ3v) is 4.32. The summed E-state index contributed by atoms with van der Waals surface area (Å²) in [6.07, 6.45) is 4.27. The Labute approximate surface area is 73.1 Å². The van der Waals surface area contributed by atoms with Crippen LogP contribution in [-0.2, 0) is 0 Å². The van der Waals surface area contributed by atoms with E-state index in [1.165, 1.54) is 30.8 Å². The molecule has 0 aromatic rings. The maximum atomic E-state index is 5.60. The highest BCUT2D eigenvalue weighted by molar-refractivity contribution is 8.00. The minimum atomic E-state index is 0.905. The highest BCUT2D eigenvalue weighted by Crippen LogP contribution is 2.46. The molecule has 1 unspecified atom stereocenters. The highest BCUT2D eigenvalue weighted by Gasteiger charge is 2.38. The lowest BCUT2D eigenvalue weighted by Gasteiger charge is -2.33. The first-order chi connectivity index (χ1) is 5.42. The van der Waals surface area contributed by atoms with Gasteiger partial charge in [0.2, 0.25) is 0 Å². The summed E-state index contributed by atoms with van der Waals surface area (Å²) in [5.41, 5.74) is 5.60. The molecule has 0 bridgehead atoms. The van der Waals surface area contributed by atoms with Crippen LogP contribution in [0.4, 0.5) is 0 Å². The second-order valence-corrected chi connectivity index (χ2v) is 4.95. The van der Waals surface area contributed by atoms with Crippen molar-refractivity contribution >= 4 is 11.8 Å². The Kier molecular flexibility index (Phi) is 2.42. The van der Waals surface area contributed by atoms with E-state index >= 15 is 0 Å². The van der Waals surface area contributed by atoms with E-state index in [4.69, 9.17) is 5.73 Å². The van der Waals surface area contributed by atoms with Crippen molar-refractivity contribution in [2.45, 2.75) is 19.3 Å². The quantitative estimate of drug-likeness (QED) is 0.697. The molecule has 0 amide bonds. The molecule has 1 aliphatic carbocycles. The van der Waals surface area contributed by atoms with Gasteiger partial charge in [-0.1, -0.05) is 0 Å². The number of hydrogen-bond acceptors (Lipinski definition) is 2. The van der Waals surface area contributed by atoms with E-state index in [-0.39, 0.29) is 0 Å². The highest BCUT2D eigenvalue weighted by atomic mass is 32.2. The lowest BCUT2D eigenvalue weighted by molar-refractivity contribution is 0.319. The van der Waals surface area contributed by atoms with Gasteiger partial charge in [0.25, 0.3) is 0 Å². The summed E-state index contributed by atoms with van der Waals surface area (Å²) in [4.78, 5) is 0. The minimum Gasteiger partial charge on any atom is -0.330 e. The summed E-state index contributed by atoms with van der Waals surface area (Å²) in [6.45, 7) is 0.905. The van der Waals surface area contributed by atoms with Gasteiger partial charge in [-0.3, -0.25) is 0 Å². The number of thioether (sulfide) groups is 1. The van der Waals surface area contributed by atoms with Gasteiger partial charge in [0.1, 0.15) is 0 Å². The van der Waals surface area contributed by atoms with Crippen molar-refractivity contribution in [3.05, 3.63) is 0 Å². The van der Waals surface area contributed by atoms with Crippen molar-refractivity contribution in [2.24, 2.45) is 23.5 Å². The second-order valence-electron chi connectivity index (χ2n) is 3.88. The molecule has 2 aliphatic rings. The largest absolute Gasteiger partial charge is 0.330 e. The molecule has 0 aromatic carbocycles. The SMILES string of the molecule is NCCC(C1CC1)C1CSC1. The Morgan fingerprint density at radius 3 is 2.36 bits per heavy atom. The molecule has 1 heterocycles. The topological polar surface area (TPSA) is 26.0 Å². The predicted molar refractivity (Wildman–Crippen MR) is 50.7 cm³/mol. The van der Waals surface area contributed by atoms with Gasteiger partial charge >= 0.3 is 0 Å². The average molecular weight is 171 g/mol. The molecule has 1 saturated carbocycles. The maximum absolute atomic E-state index is 5.60. The van der Waals surface area contributed by atoms with Gasteiger partial charge in [-0.2, -0.15) is 11.8 Å². The van der Waals surface area contributed by atoms with Crippen molar-refractivity contribution in [3.8, 4) is 0 Å². The molecule has 2 rings (SSSR count). The minimum absolute atomic E-state index is 0.905. The van der Waals surface area contributed by atoms with Crippen LogP contribution in [0.25, 0.3) is 0 Å². The van der Waals surface area contributed by atoms with E-state index in [9.17, 15) is 0 Å². The molecular formula is C9H17NS. The Morgan fingerprint density at radius 1 is 1.27 bits per heavy atom. The summed E-state index contributed by atoms with van der Waals surface area (Å²) in [5.74, 6) is 5.95. The van der Waals surface area contributed by atoms with E-state index in [1.807, 2.05) is 0 Å². The van der Waals surface area contributed by atoms with Crippen molar-refractivity contribution in [2.75, 3.05) is 18.1 Å². The molecule has 2 N–H and O–H groups in total. The van der Waals surface area contributed by atoms with Gasteiger partial charge in [0.15, 0.2) is 0 Å². The molecule has 1 aliphatic heterocycles. The summed E-state index contributed by atoms with van der Waals surface area (Å²) < 4.78 is 0. The zero-order valence-corrected chi connectivity index (χ0v) is 7.78. The zero-order chi connectivity index (χ0) is 7.68. The van der Waals surface area contributed by atoms with E-state index in [1.54, 1.807) is 0 Å². The summed E-state index contributed by atoms with van der Waals surface area (Å²) >= 11 is 2.10. The first kappa shape index (κ1) is 7.93. The molecular weight excluding hydrogens is 154 g/mol. The van der Waals surface area contributed by atoms with Crippen LogP contribution in [0.15, 0.2) is 0 Å². The second kappa shape index (κ2) is 3.36. The predicted octanol–water partition coefficient (Wildman–Crippen LogP) is 1.72. The van der Waals surface area contributed by atoms with Gasteiger partial charge in [-0.25, -0.2) is 0 Å². The maximum Gasteiger partial charge on any atom is -0.00284 e.